The van der Waals surface area contributed by atoms with Crippen molar-refractivity contribution in [3.05, 3.63) is 182 Å². The molecule has 0 aliphatic rings. The van der Waals surface area contributed by atoms with Gasteiger partial charge in [-0.1, -0.05) is 30.7 Å². The first kappa shape index (κ1) is 60.5. The third-order valence-corrected chi connectivity index (χ3v) is 7.09. The fourth-order valence-electron chi connectivity index (χ4n) is 4.79. The summed E-state index contributed by atoms with van der Waals surface area (Å²) < 4.78 is 0. The average Bonchev–Trinajstić information content (AvgIpc) is 3.17. The summed E-state index contributed by atoms with van der Waals surface area (Å²) in [7, 11) is 0. The molecule has 334 valence electrons. The summed E-state index contributed by atoms with van der Waals surface area (Å²) in [6.07, 6.45) is 15.1. The molecule has 0 unspecified atom stereocenters. The largest absolute Gasteiger partial charge is 2.00 e. The van der Waals surface area contributed by atoms with Crippen LogP contribution in [0.1, 0.15) is 49.0 Å². The van der Waals surface area contributed by atoms with Crippen LogP contribution >= 0.6 is 0 Å². The molecule has 23 nitrogen and oxygen atoms in total. The van der Waals surface area contributed by atoms with E-state index in [0.717, 1.165) is 87.7 Å². The van der Waals surface area contributed by atoms with Gasteiger partial charge in [-0.25, -0.2) is 0 Å². The van der Waals surface area contributed by atoms with Crippen LogP contribution in [0.4, 0.5) is 0 Å². The summed E-state index contributed by atoms with van der Waals surface area (Å²) in [6.45, 7) is 7.78. The molecule has 4 aromatic rings. The van der Waals surface area contributed by atoms with Crippen LogP contribution in [0.3, 0.4) is 0 Å². The van der Waals surface area contributed by atoms with Crippen LogP contribution in [0.25, 0.3) is 0 Å². The normalized spacial score (nSPS) is 9.10. The van der Waals surface area contributed by atoms with Crippen LogP contribution in [0, 0.1) is 72.6 Å². The van der Waals surface area contributed by atoms with Crippen molar-refractivity contribution >= 4 is 0 Å². The molecule has 0 aliphatic carbocycles. The SMILES string of the molecule is CC#N.O=[N+]([O-])[O-].O=[N+]([O-])[O-].O=[N+]([O-])[O-].O=[N+]([O-])[O-].[Cu+2].[Cu+2].c1ccc(CCN(CCCCCN(CCc2ccccn2)CCc2ccccn2)CCc2ccccn2)nc1. The maximum absolute atomic E-state index is 8.25. The molecule has 4 aromatic heterocycles. The van der Waals surface area contributed by atoms with Gasteiger partial charge >= 0.3 is 34.1 Å². The molecule has 0 fully saturated rings. The molecular formula is C35H45Cu2N11O12. The van der Waals surface area contributed by atoms with Gasteiger partial charge in [0.2, 0.25) is 0 Å². The summed E-state index contributed by atoms with van der Waals surface area (Å²) in [6, 6.07) is 26.5. The molecule has 60 heavy (non-hydrogen) atoms. The van der Waals surface area contributed by atoms with E-state index in [-0.39, 0.29) is 34.1 Å². The minimum absolute atomic E-state index is 0. The van der Waals surface area contributed by atoms with Gasteiger partial charge in [-0.2, -0.15) is 5.26 Å². The number of nitriles is 1. The first-order valence-electron chi connectivity index (χ1n) is 17.3. The van der Waals surface area contributed by atoms with Gasteiger partial charge in [-0.15, -0.1) is 0 Å². The first-order chi connectivity index (χ1) is 27.7. The van der Waals surface area contributed by atoms with Gasteiger partial charge in [-0.3, -0.25) is 19.9 Å². The standard InChI is InChI=1S/C33H42N6.C2H3N.2Cu.4NO3/c1(10-24-38(26-16-30-12-2-6-20-34-30)27-17-31-13-3-7-21-35-31)11-25-39(28-18-32-14-4-8-22-36-32)29-19-33-15-5-9-23-37-33;1-2-3;;;4*2-1(3)4/h2-9,12-15,20-23H,1,10-11,16-19,24-29H2;1H3;;;;;;/q;;2*+2;4*-1. The smallest absolute Gasteiger partial charge is 0.356 e. The second kappa shape index (κ2) is 42.5. The maximum atomic E-state index is 8.25. The zero-order chi connectivity index (χ0) is 43.8. The fourth-order valence-corrected chi connectivity index (χ4v) is 4.79. The Bertz CT molecular complexity index is 1430. The molecule has 0 aromatic carbocycles. The van der Waals surface area contributed by atoms with E-state index in [1.165, 1.54) is 26.2 Å². The van der Waals surface area contributed by atoms with Crippen molar-refractivity contribution in [2.75, 3.05) is 39.3 Å². The van der Waals surface area contributed by atoms with E-state index in [2.05, 4.69) is 78.3 Å². The number of nitrogens with zero attached hydrogens (tertiary/aromatic N) is 11. The summed E-state index contributed by atoms with van der Waals surface area (Å²) in [5.41, 5.74) is 4.65. The molecule has 0 aliphatic heterocycles. The van der Waals surface area contributed by atoms with Crippen LogP contribution in [0.5, 0.6) is 0 Å². The number of unbranched alkanes of at least 4 members (excludes halogenated alkanes) is 2. The Balaban J connectivity index is -0.000000630. The minimum atomic E-state index is -1.75. The Hall–Kier alpha value is -6.15. The Kier molecular flexibility index (Phi) is 42.8. The molecule has 0 bridgehead atoms. The Morgan fingerprint density at radius 1 is 0.450 bits per heavy atom. The van der Waals surface area contributed by atoms with Gasteiger partial charge in [-0.05, 0) is 74.5 Å². The second-order valence-electron chi connectivity index (χ2n) is 11.1. The van der Waals surface area contributed by atoms with Crippen LogP contribution < -0.4 is 0 Å². The van der Waals surface area contributed by atoms with E-state index < -0.39 is 20.3 Å². The minimum Gasteiger partial charge on any atom is -0.356 e. The molecule has 0 atom stereocenters. The number of rotatable bonds is 18. The summed E-state index contributed by atoms with van der Waals surface area (Å²) in [4.78, 5) is 56.3. The van der Waals surface area contributed by atoms with E-state index in [0.29, 0.717) is 0 Å². The molecule has 0 saturated heterocycles. The number of aromatic nitrogens is 4. The number of hydrogen-bond donors (Lipinski definition) is 0. The molecule has 2 radical (unpaired) electrons. The third-order valence-electron chi connectivity index (χ3n) is 7.09. The van der Waals surface area contributed by atoms with Gasteiger partial charge in [0.1, 0.15) is 0 Å². The summed E-state index contributed by atoms with van der Waals surface area (Å²) in [5, 5.41) is 66.3. The molecule has 0 N–H and O–H groups in total. The third kappa shape index (κ3) is 46.2. The van der Waals surface area contributed by atoms with Crippen molar-refractivity contribution in [3.8, 4) is 6.07 Å². The topological polar surface area (TPSA) is 347 Å². The van der Waals surface area contributed by atoms with E-state index in [9.17, 15) is 0 Å². The van der Waals surface area contributed by atoms with Crippen molar-refractivity contribution in [1.29, 1.82) is 5.26 Å². The summed E-state index contributed by atoms with van der Waals surface area (Å²) in [5.74, 6) is 0. The maximum Gasteiger partial charge on any atom is 2.00 e. The van der Waals surface area contributed by atoms with Crippen LogP contribution in [-0.2, 0) is 59.8 Å². The van der Waals surface area contributed by atoms with Crippen LogP contribution in [0.2, 0.25) is 0 Å². The quantitative estimate of drug-likeness (QED) is 0.0555. The van der Waals surface area contributed by atoms with E-state index in [4.69, 9.17) is 66.5 Å². The van der Waals surface area contributed by atoms with Crippen molar-refractivity contribution < 1.29 is 54.5 Å². The predicted molar refractivity (Wildman–Crippen MR) is 211 cm³/mol. The average molecular weight is 939 g/mol. The molecule has 0 saturated carbocycles. The van der Waals surface area contributed by atoms with Gasteiger partial charge in [0.15, 0.2) is 0 Å². The Labute approximate surface area is 367 Å². The number of hydrogen-bond acceptors (Lipinski definition) is 19. The van der Waals surface area contributed by atoms with Crippen molar-refractivity contribution in [2.24, 2.45) is 0 Å². The van der Waals surface area contributed by atoms with Crippen molar-refractivity contribution in [1.82, 2.24) is 29.7 Å². The Morgan fingerprint density at radius 3 is 0.817 bits per heavy atom. The second-order valence-corrected chi connectivity index (χ2v) is 11.1. The van der Waals surface area contributed by atoms with Gasteiger partial charge in [0.25, 0.3) is 0 Å². The van der Waals surface area contributed by atoms with Gasteiger partial charge in [0.05, 0.1) is 26.4 Å². The van der Waals surface area contributed by atoms with E-state index in [1.54, 1.807) is 6.07 Å². The van der Waals surface area contributed by atoms with E-state index >= 15 is 0 Å². The van der Waals surface area contributed by atoms with E-state index in [1.807, 2.05) is 49.1 Å². The molecular weight excluding hydrogens is 894 g/mol. The molecule has 0 amide bonds. The van der Waals surface area contributed by atoms with Crippen LogP contribution in [0.15, 0.2) is 97.6 Å². The van der Waals surface area contributed by atoms with Crippen LogP contribution in [-0.4, -0.2) is 89.4 Å². The van der Waals surface area contributed by atoms with Gasteiger partial charge < -0.3 is 71.1 Å². The fraction of sp³-hybridized carbons (Fsp3) is 0.400. The van der Waals surface area contributed by atoms with Gasteiger partial charge in [0, 0.05) is 106 Å². The molecule has 4 heterocycles. The Morgan fingerprint density at radius 2 is 0.650 bits per heavy atom. The molecule has 25 heteroatoms. The first-order valence-corrected chi connectivity index (χ1v) is 17.3. The van der Waals surface area contributed by atoms with Crippen molar-refractivity contribution in [3.63, 3.8) is 0 Å². The zero-order valence-corrected chi connectivity index (χ0v) is 34.2. The zero-order valence-electron chi connectivity index (χ0n) is 32.4. The summed E-state index contributed by atoms with van der Waals surface area (Å²) >= 11 is 0. The number of pyridine rings is 4. The van der Waals surface area contributed by atoms with Crippen molar-refractivity contribution in [2.45, 2.75) is 51.9 Å². The molecule has 0 spiro atoms. The monoisotopic (exact) mass is 937 g/mol. The predicted octanol–water partition coefficient (Wildman–Crippen LogP) is 4.88. The molecule has 4 rings (SSSR count).